The van der Waals surface area contributed by atoms with Crippen LogP contribution >= 0.6 is 31.9 Å². The van der Waals surface area contributed by atoms with Crippen molar-refractivity contribution < 1.29 is 27.6 Å². The number of halogens is 2. The van der Waals surface area contributed by atoms with E-state index in [4.69, 9.17) is 4.74 Å². The number of phenols is 1. The fourth-order valence-electron chi connectivity index (χ4n) is 3.11. The van der Waals surface area contributed by atoms with Crippen molar-refractivity contribution in [2.24, 2.45) is 0 Å². The highest BCUT2D eigenvalue weighted by molar-refractivity contribution is 9.11. The van der Waals surface area contributed by atoms with Gasteiger partial charge in [0.25, 0.3) is 5.91 Å². The molecule has 3 aromatic rings. The molecular formula is C23H21Br2NO6S. The first-order valence-corrected chi connectivity index (χ1v) is 12.8. The molecule has 0 saturated heterocycles. The van der Waals surface area contributed by atoms with Crippen LogP contribution in [0.3, 0.4) is 0 Å². The number of rotatable bonds is 6. The number of aromatic hydroxyl groups is 1. The van der Waals surface area contributed by atoms with E-state index in [1.165, 1.54) is 30.3 Å². The predicted molar refractivity (Wildman–Crippen MR) is 134 cm³/mol. The molecule has 3 aromatic carbocycles. The van der Waals surface area contributed by atoms with Gasteiger partial charge in [-0.2, -0.15) is 12.7 Å². The van der Waals surface area contributed by atoms with Gasteiger partial charge in [0.15, 0.2) is 5.75 Å². The summed E-state index contributed by atoms with van der Waals surface area (Å²) in [6.07, 6.45) is 0. The van der Waals surface area contributed by atoms with Gasteiger partial charge in [-0.3, -0.25) is 9.35 Å². The van der Waals surface area contributed by atoms with Crippen LogP contribution in [0.5, 0.6) is 17.2 Å². The molecule has 0 spiro atoms. The number of benzene rings is 3. The molecule has 2 N–H and O–H groups in total. The van der Waals surface area contributed by atoms with E-state index in [1.54, 1.807) is 24.3 Å². The lowest BCUT2D eigenvalue weighted by atomic mass is 10.0. The number of anilines is 1. The molecule has 0 saturated carbocycles. The molecule has 0 bridgehead atoms. The van der Waals surface area contributed by atoms with Gasteiger partial charge in [-0.15, -0.1) is 0 Å². The predicted octanol–water partition coefficient (Wildman–Crippen LogP) is 6.59. The van der Waals surface area contributed by atoms with Crippen molar-refractivity contribution in [3.05, 3.63) is 80.2 Å². The Balaban J connectivity index is 1.98. The minimum Gasteiger partial charge on any atom is -0.508 e. The zero-order chi connectivity index (χ0) is 24.5. The second-order valence-corrected chi connectivity index (χ2v) is 10.6. The van der Waals surface area contributed by atoms with E-state index in [-0.39, 0.29) is 22.9 Å². The lowest BCUT2D eigenvalue weighted by molar-refractivity contribution is 0.100. The molecule has 0 heterocycles. The highest BCUT2D eigenvalue weighted by atomic mass is 79.9. The van der Waals surface area contributed by atoms with Gasteiger partial charge in [-0.1, -0.05) is 31.5 Å². The van der Waals surface area contributed by atoms with E-state index in [2.05, 4.69) is 31.9 Å². The summed E-state index contributed by atoms with van der Waals surface area (Å²) in [6.45, 7) is 5.70. The Hall–Kier alpha value is -2.40. The van der Waals surface area contributed by atoms with Crippen LogP contribution in [0.15, 0.2) is 63.5 Å². The van der Waals surface area contributed by atoms with E-state index in [1.807, 2.05) is 20.8 Å². The van der Waals surface area contributed by atoms with Crippen LogP contribution in [-0.2, 0) is 10.3 Å². The van der Waals surface area contributed by atoms with Crippen LogP contribution in [0.1, 0.15) is 41.3 Å². The highest BCUT2D eigenvalue weighted by Crippen LogP contribution is 2.40. The van der Waals surface area contributed by atoms with Crippen molar-refractivity contribution in [2.75, 3.05) is 4.31 Å². The number of hydrogen-bond donors (Lipinski definition) is 2. The summed E-state index contributed by atoms with van der Waals surface area (Å²) in [4.78, 5) is 13.1. The van der Waals surface area contributed by atoms with Crippen molar-refractivity contribution >= 4 is 53.8 Å². The van der Waals surface area contributed by atoms with Crippen molar-refractivity contribution in [3.8, 4) is 17.2 Å². The summed E-state index contributed by atoms with van der Waals surface area (Å²) in [5, 5.41) is 10.0. The van der Waals surface area contributed by atoms with Crippen LogP contribution in [0.4, 0.5) is 5.69 Å². The smallest absolute Gasteiger partial charge is 0.366 e. The molecule has 0 atom stereocenters. The lowest BCUT2D eigenvalue weighted by Gasteiger charge is -2.20. The molecule has 10 heteroatoms. The quantitative estimate of drug-likeness (QED) is 0.310. The molecular weight excluding hydrogens is 578 g/mol. The van der Waals surface area contributed by atoms with Crippen molar-refractivity contribution in [1.29, 1.82) is 0 Å². The zero-order valence-electron chi connectivity index (χ0n) is 17.9. The number of carbonyl (C=O) groups excluding carboxylic acids is 1. The Morgan fingerprint density at radius 2 is 1.58 bits per heavy atom. The molecule has 0 aromatic heterocycles. The minimum absolute atomic E-state index is 0.00554. The van der Waals surface area contributed by atoms with Gasteiger partial charge in [0, 0.05) is 11.1 Å². The van der Waals surface area contributed by atoms with Crippen LogP contribution in [0.25, 0.3) is 0 Å². The largest absolute Gasteiger partial charge is 0.508 e. The molecule has 1 amide bonds. The summed E-state index contributed by atoms with van der Waals surface area (Å²) in [5.74, 6) is 0.115. The molecule has 0 aliphatic heterocycles. The molecule has 174 valence electrons. The average Bonchev–Trinajstić information content (AvgIpc) is 2.72. The number of carbonyl (C=O) groups is 1. The minimum atomic E-state index is -4.88. The fourth-order valence-corrected chi connectivity index (χ4v) is 5.16. The maximum absolute atomic E-state index is 13.1. The van der Waals surface area contributed by atoms with Gasteiger partial charge in [-0.25, -0.2) is 0 Å². The van der Waals surface area contributed by atoms with Gasteiger partial charge in [0.2, 0.25) is 0 Å². The molecule has 0 fully saturated rings. The van der Waals surface area contributed by atoms with Gasteiger partial charge >= 0.3 is 10.3 Å². The Labute approximate surface area is 209 Å². The summed E-state index contributed by atoms with van der Waals surface area (Å²) in [6, 6.07) is 13.8. The van der Waals surface area contributed by atoms with Crippen LogP contribution < -0.4 is 9.04 Å². The first-order chi connectivity index (χ1) is 15.4. The summed E-state index contributed by atoms with van der Waals surface area (Å²) < 4.78 is 40.8. The summed E-state index contributed by atoms with van der Waals surface area (Å²) in [7, 11) is -4.88. The van der Waals surface area contributed by atoms with Crippen LogP contribution in [0.2, 0.25) is 0 Å². The Bertz CT molecular complexity index is 1280. The molecule has 0 unspecified atom stereocenters. The van der Waals surface area contributed by atoms with Gasteiger partial charge in [0.05, 0.1) is 14.6 Å². The molecule has 7 nitrogen and oxygen atoms in total. The average molecular weight is 599 g/mol. The molecule has 3 rings (SSSR count). The SMILES string of the molecule is Cc1ccc(N(C(=O)c2cc(Br)c(Oc3ccc(O)c(C(C)C)c3)c(Br)c2)S(=O)(=O)O)cc1. The number of aryl methyl sites for hydroxylation is 1. The molecule has 0 aliphatic carbocycles. The Kier molecular flexibility index (Phi) is 7.52. The third-order valence-corrected chi connectivity index (χ3v) is 6.79. The number of nitrogens with zero attached hydrogens (tertiary/aromatic N) is 1. The highest BCUT2D eigenvalue weighted by Gasteiger charge is 2.29. The Morgan fingerprint density at radius 1 is 1.00 bits per heavy atom. The van der Waals surface area contributed by atoms with E-state index >= 15 is 0 Å². The van der Waals surface area contributed by atoms with E-state index < -0.39 is 16.2 Å². The zero-order valence-corrected chi connectivity index (χ0v) is 21.9. The molecule has 0 radical (unpaired) electrons. The first kappa shape index (κ1) is 25.2. The third kappa shape index (κ3) is 5.75. The number of amides is 1. The monoisotopic (exact) mass is 597 g/mol. The van der Waals surface area contributed by atoms with Crippen molar-refractivity contribution in [2.45, 2.75) is 26.7 Å². The summed E-state index contributed by atoms with van der Waals surface area (Å²) >= 11 is 6.73. The normalized spacial score (nSPS) is 11.5. The van der Waals surface area contributed by atoms with Gasteiger partial charge in [-0.05, 0) is 87.2 Å². The summed E-state index contributed by atoms with van der Waals surface area (Å²) in [5.41, 5.74) is 1.58. The van der Waals surface area contributed by atoms with Gasteiger partial charge in [0.1, 0.15) is 11.5 Å². The number of phenolic OH excluding ortho intramolecular Hbond substituents is 1. The first-order valence-electron chi connectivity index (χ1n) is 9.77. The lowest BCUT2D eigenvalue weighted by Crippen LogP contribution is -2.36. The van der Waals surface area contributed by atoms with Crippen molar-refractivity contribution in [3.63, 3.8) is 0 Å². The second-order valence-electron chi connectivity index (χ2n) is 7.63. The van der Waals surface area contributed by atoms with Crippen LogP contribution in [-0.4, -0.2) is 24.0 Å². The van der Waals surface area contributed by atoms with Crippen molar-refractivity contribution in [1.82, 2.24) is 0 Å². The number of hydrogen-bond acceptors (Lipinski definition) is 5. The Morgan fingerprint density at radius 3 is 2.09 bits per heavy atom. The maximum Gasteiger partial charge on any atom is 0.366 e. The number of ether oxygens (including phenoxy) is 1. The molecule has 0 aliphatic rings. The van der Waals surface area contributed by atoms with E-state index in [9.17, 15) is 22.9 Å². The van der Waals surface area contributed by atoms with Gasteiger partial charge < -0.3 is 9.84 Å². The third-order valence-electron chi connectivity index (χ3n) is 4.77. The molecule has 33 heavy (non-hydrogen) atoms. The second kappa shape index (κ2) is 9.84. The van der Waals surface area contributed by atoms with E-state index in [0.717, 1.165) is 5.56 Å². The topological polar surface area (TPSA) is 104 Å². The van der Waals surface area contributed by atoms with E-state index in [0.29, 0.717) is 30.3 Å². The van der Waals surface area contributed by atoms with Crippen LogP contribution in [0, 0.1) is 6.92 Å². The maximum atomic E-state index is 13.1. The standard InChI is InChI=1S/C23H21Br2NO6S/c1-13(2)18-12-17(8-9-21(18)27)32-22-19(24)10-15(11-20(22)25)23(28)26(33(29,30)31)16-6-4-14(3)5-7-16/h4-13,27H,1-3H3,(H,29,30,31). The fraction of sp³-hybridized carbons (Fsp3) is 0.174.